The monoisotopic (exact) mass is 304 g/mol. The van der Waals surface area contributed by atoms with Crippen LogP contribution in [0.15, 0.2) is 41.8 Å². The lowest BCUT2D eigenvalue weighted by atomic mass is 10.1. The zero-order chi connectivity index (χ0) is 15.1. The van der Waals surface area contributed by atoms with Crippen LogP contribution in [0.1, 0.15) is 16.0 Å². The largest absolute Gasteiger partial charge is 0.488 e. The highest BCUT2D eigenvalue weighted by molar-refractivity contribution is 7.10. The SMILES string of the molecule is O=C(O)/C=C/c1ccsc1COc1ccccc1CCO. The first-order valence-corrected chi connectivity index (χ1v) is 7.37. The zero-order valence-corrected chi connectivity index (χ0v) is 12.2. The van der Waals surface area contributed by atoms with Crippen LogP contribution < -0.4 is 4.74 Å². The second-order valence-electron chi connectivity index (χ2n) is 4.34. The summed E-state index contributed by atoms with van der Waals surface area (Å²) in [6.45, 7) is 0.450. The lowest BCUT2D eigenvalue weighted by Gasteiger charge is -2.10. The van der Waals surface area contributed by atoms with Crippen LogP contribution in [0.2, 0.25) is 0 Å². The molecule has 0 bridgehead atoms. The van der Waals surface area contributed by atoms with Crippen molar-refractivity contribution in [2.75, 3.05) is 6.61 Å². The third kappa shape index (κ3) is 4.44. The Kier molecular flexibility index (Phi) is 5.54. The Labute approximate surface area is 126 Å². The first kappa shape index (κ1) is 15.3. The average Bonchev–Trinajstić information content (AvgIpc) is 2.92. The van der Waals surface area contributed by atoms with Crippen LogP contribution in [0, 0.1) is 0 Å². The maximum Gasteiger partial charge on any atom is 0.328 e. The Morgan fingerprint density at radius 2 is 2.10 bits per heavy atom. The fourth-order valence-electron chi connectivity index (χ4n) is 1.89. The molecule has 0 aliphatic carbocycles. The van der Waals surface area contributed by atoms with Crippen LogP contribution in [-0.2, 0) is 17.8 Å². The molecular formula is C16H16O4S. The number of rotatable bonds is 7. The van der Waals surface area contributed by atoms with Gasteiger partial charge in [-0.3, -0.25) is 0 Å². The lowest BCUT2D eigenvalue weighted by Crippen LogP contribution is -2.00. The molecule has 2 N–H and O–H groups in total. The number of benzene rings is 1. The van der Waals surface area contributed by atoms with Gasteiger partial charge < -0.3 is 14.9 Å². The molecular weight excluding hydrogens is 288 g/mol. The summed E-state index contributed by atoms with van der Waals surface area (Å²) in [6, 6.07) is 9.44. The summed E-state index contributed by atoms with van der Waals surface area (Å²) in [6.07, 6.45) is 3.23. The molecule has 5 heteroatoms. The number of ether oxygens (including phenoxy) is 1. The topological polar surface area (TPSA) is 66.8 Å². The molecule has 2 aromatic rings. The molecule has 21 heavy (non-hydrogen) atoms. The van der Waals surface area contributed by atoms with Crippen molar-refractivity contribution >= 4 is 23.4 Å². The van der Waals surface area contributed by atoms with Gasteiger partial charge in [-0.25, -0.2) is 4.79 Å². The summed E-state index contributed by atoms with van der Waals surface area (Å²) in [7, 11) is 0. The van der Waals surface area contributed by atoms with Crippen molar-refractivity contribution in [2.24, 2.45) is 0 Å². The first-order chi connectivity index (χ1) is 10.2. The Hall–Kier alpha value is -2.11. The van der Waals surface area contributed by atoms with Crippen LogP contribution in [0.5, 0.6) is 5.75 Å². The van der Waals surface area contributed by atoms with Crippen molar-refractivity contribution in [1.82, 2.24) is 0 Å². The van der Waals surface area contributed by atoms with E-state index in [1.807, 2.05) is 35.7 Å². The number of hydrogen-bond donors (Lipinski definition) is 2. The molecule has 1 heterocycles. The molecule has 0 saturated carbocycles. The second-order valence-corrected chi connectivity index (χ2v) is 5.34. The van der Waals surface area contributed by atoms with Gasteiger partial charge in [0, 0.05) is 17.6 Å². The fourth-order valence-corrected chi connectivity index (χ4v) is 2.67. The first-order valence-electron chi connectivity index (χ1n) is 6.49. The molecule has 1 aromatic carbocycles. The van der Waals surface area contributed by atoms with Crippen molar-refractivity contribution < 1.29 is 19.7 Å². The van der Waals surface area contributed by atoms with E-state index in [1.165, 1.54) is 11.3 Å². The highest BCUT2D eigenvalue weighted by Crippen LogP contribution is 2.23. The number of aliphatic carboxylic acids is 1. The molecule has 0 unspecified atom stereocenters. The highest BCUT2D eigenvalue weighted by Gasteiger charge is 2.06. The number of para-hydroxylation sites is 1. The molecule has 1 aromatic heterocycles. The van der Waals surface area contributed by atoms with Crippen molar-refractivity contribution in [1.29, 1.82) is 0 Å². The number of thiophene rings is 1. The summed E-state index contributed by atoms with van der Waals surface area (Å²) in [4.78, 5) is 11.5. The predicted octanol–water partition coefficient (Wildman–Crippen LogP) is 2.96. The minimum atomic E-state index is -0.971. The third-order valence-electron chi connectivity index (χ3n) is 2.90. The summed E-state index contributed by atoms with van der Waals surface area (Å²) in [5.74, 6) is -0.227. The quantitative estimate of drug-likeness (QED) is 0.772. The predicted molar refractivity (Wildman–Crippen MR) is 82.6 cm³/mol. The molecule has 110 valence electrons. The maximum absolute atomic E-state index is 10.6. The van der Waals surface area contributed by atoms with E-state index in [9.17, 15) is 4.79 Å². The molecule has 0 atom stereocenters. The van der Waals surface area contributed by atoms with Gasteiger partial charge >= 0.3 is 5.97 Å². The number of carboxylic acids is 1. The molecule has 0 aliphatic heterocycles. The van der Waals surface area contributed by atoms with Crippen LogP contribution in [0.25, 0.3) is 6.08 Å². The molecule has 2 rings (SSSR count). The van der Waals surface area contributed by atoms with E-state index >= 15 is 0 Å². The van der Waals surface area contributed by atoms with E-state index in [0.29, 0.717) is 13.0 Å². The van der Waals surface area contributed by atoms with Gasteiger partial charge in [0.05, 0.1) is 0 Å². The van der Waals surface area contributed by atoms with Gasteiger partial charge in [0.1, 0.15) is 12.4 Å². The van der Waals surface area contributed by atoms with E-state index < -0.39 is 5.97 Å². The lowest BCUT2D eigenvalue weighted by molar-refractivity contribution is -0.131. The van der Waals surface area contributed by atoms with E-state index in [1.54, 1.807) is 6.08 Å². The van der Waals surface area contributed by atoms with Crippen LogP contribution in [0.4, 0.5) is 0 Å². The van der Waals surface area contributed by atoms with E-state index in [0.717, 1.165) is 27.8 Å². The van der Waals surface area contributed by atoms with Crippen molar-refractivity contribution in [3.8, 4) is 5.75 Å². The van der Waals surface area contributed by atoms with E-state index in [4.69, 9.17) is 14.9 Å². The normalized spacial score (nSPS) is 10.9. The Balaban J connectivity index is 2.07. The molecule has 0 saturated heterocycles. The summed E-state index contributed by atoms with van der Waals surface area (Å²) in [5, 5.41) is 19.6. The number of carboxylic acid groups (broad SMARTS) is 1. The van der Waals surface area contributed by atoms with Crippen LogP contribution in [0.3, 0.4) is 0 Å². The van der Waals surface area contributed by atoms with Crippen LogP contribution >= 0.6 is 11.3 Å². The minimum absolute atomic E-state index is 0.0754. The summed E-state index contributed by atoms with van der Waals surface area (Å²) in [5.41, 5.74) is 1.81. The molecule has 0 amide bonds. The van der Waals surface area contributed by atoms with E-state index in [2.05, 4.69) is 0 Å². The molecule has 0 radical (unpaired) electrons. The molecule has 0 spiro atoms. The fraction of sp³-hybridized carbons (Fsp3) is 0.188. The summed E-state index contributed by atoms with van der Waals surface area (Å²) < 4.78 is 5.80. The van der Waals surface area contributed by atoms with Gasteiger partial charge in [0.15, 0.2) is 0 Å². The zero-order valence-electron chi connectivity index (χ0n) is 11.4. The Morgan fingerprint density at radius 3 is 2.86 bits per heavy atom. The standard InChI is InChI=1S/C16H16O4S/c17-9-7-12-3-1-2-4-14(12)20-11-15-13(8-10-21-15)5-6-16(18)19/h1-6,8,10,17H,7,9,11H2,(H,18,19)/b6-5+. The average molecular weight is 304 g/mol. The highest BCUT2D eigenvalue weighted by atomic mass is 32.1. The van der Waals surface area contributed by atoms with Crippen molar-refractivity contribution in [3.05, 3.63) is 57.8 Å². The number of carbonyl (C=O) groups is 1. The molecule has 0 aliphatic rings. The van der Waals surface area contributed by atoms with Crippen molar-refractivity contribution in [2.45, 2.75) is 13.0 Å². The summed E-state index contributed by atoms with van der Waals surface area (Å²) >= 11 is 1.52. The minimum Gasteiger partial charge on any atom is -0.488 e. The van der Waals surface area contributed by atoms with Crippen LogP contribution in [-0.4, -0.2) is 22.8 Å². The van der Waals surface area contributed by atoms with Gasteiger partial charge in [0.25, 0.3) is 0 Å². The van der Waals surface area contributed by atoms with Gasteiger partial charge in [-0.05, 0) is 41.1 Å². The van der Waals surface area contributed by atoms with Gasteiger partial charge in [-0.15, -0.1) is 11.3 Å². The maximum atomic E-state index is 10.6. The molecule has 0 fully saturated rings. The van der Waals surface area contributed by atoms with Crippen molar-refractivity contribution in [3.63, 3.8) is 0 Å². The Morgan fingerprint density at radius 1 is 1.29 bits per heavy atom. The smallest absolute Gasteiger partial charge is 0.328 e. The Bertz CT molecular complexity index is 631. The number of aliphatic hydroxyl groups excluding tert-OH is 1. The number of hydrogen-bond acceptors (Lipinski definition) is 4. The van der Waals surface area contributed by atoms with Gasteiger partial charge in [-0.1, -0.05) is 18.2 Å². The van der Waals surface area contributed by atoms with Gasteiger partial charge in [0.2, 0.25) is 0 Å². The third-order valence-corrected chi connectivity index (χ3v) is 3.81. The van der Waals surface area contributed by atoms with Gasteiger partial charge in [-0.2, -0.15) is 0 Å². The molecule has 4 nitrogen and oxygen atoms in total. The number of aliphatic hydroxyl groups is 1. The second kappa shape index (κ2) is 7.61. The van der Waals surface area contributed by atoms with E-state index in [-0.39, 0.29) is 6.61 Å².